The van der Waals surface area contributed by atoms with Crippen molar-refractivity contribution in [2.24, 2.45) is 0 Å². The highest BCUT2D eigenvalue weighted by atomic mass is 32.1. The molecule has 0 radical (unpaired) electrons. The number of ether oxygens (including phenoxy) is 1. The molecule has 0 aliphatic carbocycles. The number of hydrogen-bond donors (Lipinski definition) is 0. The molecule has 1 amide bonds. The lowest BCUT2D eigenvalue weighted by Crippen LogP contribution is -2.33. The monoisotopic (exact) mass is 385 g/mol. The third kappa shape index (κ3) is 4.06. The van der Waals surface area contributed by atoms with Gasteiger partial charge in [-0.3, -0.25) is 14.9 Å². The number of thiazole rings is 1. The minimum atomic E-state index is -0.447. The molecule has 8 heteroatoms. The van der Waals surface area contributed by atoms with Crippen molar-refractivity contribution in [1.82, 2.24) is 9.88 Å². The van der Waals surface area contributed by atoms with Crippen LogP contribution in [0, 0.1) is 17.0 Å². The van der Waals surface area contributed by atoms with E-state index in [1.54, 1.807) is 36.3 Å². The lowest BCUT2D eigenvalue weighted by atomic mass is 10.2. The summed E-state index contributed by atoms with van der Waals surface area (Å²) in [6.45, 7) is 3.41. The first-order valence-electron chi connectivity index (χ1n) is 8.36. The molecule has 0 saturated carbocycles. The van der Waals surface area contributed by atoms with Crippen LogP contribution in [0.4, 0.5) is 5.69 Å². The molecule has 1 atom stereocenters. The van der Waals surface area contributed by atoms with E-state index in [0.717, 1.165) is 15.2 Å². The zero-order valence-corrected chi connectivity index (χ0v) is 16.0. The van der Waals surface area contributed by atoms with Crippen molar-refractivity contribution < 1.29 is 14.5 Å². The van der Waals surface area contributed by atoms with Gasteiger partial charge in [-0.05, 0) is 38.1 Å². The van der Waals surface area contributed by atoms with E-state index in [4.69, 9.17) is 4.74 Å². The summed E-state index contributed by atoms with van der Waals surface area (Å²) in [5, 5.41) is 11.7. The van der Waals surface area contributed by atoms with Gasteiger partial charge in [0.2, 0.25) is 0 Å². The number of rotatable bonds is 6. The van der Waals surface area contributed by atoms with Crippen molar-refractivity contribution >= 4 is 33.1 Å². The molecule has 1 aromatic heterocycles. The average molecular weight is 385 g/mol. The van der Waals surface area contributed by atoms with E-state index in [2.05, 4.69) is 4.98 Å². The molecule has 140 valence electrons. The molecule has 0 aliphatic rings. The molecule has 3 aromatic rings. The second-order valence-corrected chi connectivity index (χ2v) is 7.26. The largest absolute Gasteiger partial charge is 0.484 e. The van der Waals surface area contributed by atoms with Gasteiger partial charge in [0, 0.05) is 18.7 Å². The van der Waals surface area contributed by atoms with Gasteiger partial charge >= 0.3 is 0 Å². The number of amides is 1. The Morgan fingerprint density at radius 1 is 1.33 bits per heavy atom. The molecule has 2 aromatic carbocycles. The van der Waals surface area contributed by atoms with Gasteiger partial charge in [0.25, 0.3) is 11.6 Å². The summed E-state index contributed by atoms with van der Waals surface area (Å²) in [5.41, 5.74) is 1.43. The fraction of sp³-hybridized carbons (Fsp3) is 0.263. The Morgan fingerprint density at radius 2 is 2.07 bits per heavy atom. The molecule has 0 aliphatic heterocycles. The number of carbonyl (C=O) groups is 1. The Bertz CT molecular complexity index is 969. The Morgan fingerprint density at radius 3 is 2.74 bits per heavy atom. The number of benzene rings is 2. The zero-order chi connectivity index (χ0) is 19.6. The third-order valence-electron chi connectivity index (χ3n) is 4.37. The van der Waals surface area contributed by atoms with E-state index >= 15 is 0 Å². The predicted octanol–water partition coefficient (Wildman–Crippen LogP) is 4.11. The molecule has 0 spiro atoms. The molecule has 0 unspecified atom stereocenters. The number of nitro groups is 1. The van der Waals surface area contributed by atoms with Crippen LogP contribution in [0.5, 0.6) is 5.75 Å². The first kappa shape index (κ1) is 18.8. The summed E-state index contributed by atoms with van der Waals surface area (Å²) in [6, 6.07) is 12.1. The lowest BCUT2D eigenvalue weighted by Gasteiger charge is -2.23. The molecular weight excluding hydrogens is 366 g/mol. The van der Waals surface area contributed by atoms with Crippen LogP contribution in [0.2, 0.25) is 0 Å². The second kappa shape index (κ2) is 7.71. The molecule has 0 fully saturated rings. The molecule has 0 N–H and O–H groups in total. The summed E-state index contributed by atoms with van der Waals surface area (Å²) >= 11 is 1.56. The van der Waals surface area contributed by atoms with Gasteiger partial charge in [0.15, 0.2) is 6.61 Å². The van der Waals surface area contributed by atoms with Crippen LogP contribution in [0.25, 0.3) is 10.2 Å². The molecule has 7 nitrogen and oxygen atoms in total. The van der Waals surface area contributed by atoms with Gasteiger partial charge in [-0.25, -0.2) is 4.98 Å². The van der Waals surface area contributed by atoms with Gasteiger partial charge in [0.05, 0.1) is 21.2 Å². The minimum absolute atomic E-state index is 0.0234. The van der Waals surface area contributed by atoms with Crippen molar-refractivity contribution in [1.29, 1.82) is 0 Å². The van der Waals surface area contributed by atoms with Gasteiger partial charge in [0.1, 0.15) is 10.8 Å². The van der Waals surface area contributed by atoms with Crippen LogP contribution < -0.4 is 4.74 Å². The maximum Gasteiger partial charge on any atom is 0.272 e. The molecule has 3 rings (SSSR count). The van der Waals surface area contributed by atoms with Crippen LogP contribution in [-0.2, 0) is 4.79 Å². The quantitative estimate of drug-likeness (QED) is 0.471. The Hall–Kier alpha value is -3.00. The topological polar surface area (TPSA) is 85.6 Å². The molecule has 27 heavy (non-hydrogen) atoms. The van der Waals surface area contributed by atoms with Crippen LogP contribution in [-0.4, -0.2) is 34.4 Å². The van der Waals surface area contributed by atoms with Crippen LogP contribution in [0.1, 0.15) is 23.5 Å². The number of hydrogen-bond acceptors (Lipinski definition) is 6. The minimum Gasteiger partial charge on any atom is -0.484 e. The van der Waals surface area contributed by atoms with E-state index in [1.807, 2.05) is 31.2 Å². The van der Waals surface area contributed by atoms with Gasteiger partial charge in [-0.2, -0.15) is 0 Å². The van der Waals surface area contributed by atoms with Gasteiger partial charge in [-0.15, -0.1) is 11.3 Å². The highest BCUT2D eigenvalue weighted by molar-refractivity contribution is 7.18. The number of aromatic nitrogens is 1. The van der Waals surface area contributed by atoms with Crippen molar-refractivity contribution in [2.45, 2.75) is 19.9 Å². The van der Waals surface area contributed by atoms with Crippen molar-refractivity contribution in [3.8, 4) is 5.75 Å². The van der Waals surface area contributed by atoms with E-state index in [0.29, 0.717) is 11.3 Å². The van der Waals surface area contributed by atoms with Crippen LogP contribution in [0.3, 0.4) is 0 Å². The Balaban J connectivity index is 1.65. The molecule has 0 bridgehead atoms. The Kier molecular flexibility index (Phi) is 5.36. The zero-order valence-electron chi connectivity index (χ0n) is 15.2. The number of carbonyl (C=O) groups excluding carboxylic acids is 1. The van der Waals surface area contributed by atoms with E-state index in [9.17, 15) is 14.9 Å². The second-order valence-electron chi connectivity index (χ2n) is 6.19. The number of nitrogens with zero attached hydrogens (tertiary/aromatic N) is 3. The normalized spacial score (nSPS) is 12.0. The first-order valence-corrected chi connectivity index (χ1v) is 9.17. The molecular formula is C19H19N3O4S. The number of para-hydroxylation sites is 1. The van der Waals surface area contributed by atoms with Gasteiger partial charge in [-0.1, -0.05) is 12.1 Å². The number of fused-ring (bicyclic) bond motifs is 1. The van der Waals surface area contributed by atoms with Gasteiger partial charge < -0.3 is 9.64 Å². The number of likely N-dealkylation sites (N-methyl/N-ethyl adjacent to an activating group) is 1. The maximum atomic E-state index is 12.5. The van der Waals surface area contributed by atoms with E-state index in [1.165, 1.54) is 12.1 Å². The van der Waals surface area contributed by atoms with E-state index < -0.39 is 4.92 Å². The summed E-state index contributed by atoms with van der Waals surface area (Å²) in [4.78, 5) is 29.1. The highest BCUT2D eigenvalue weighted by Crippen LogP contribution is 2.29. The summed E-state index contributed by atoms with van der Waals surface area (Å²) in [5.74, 6) is 0.227. The fourth-order valence-electron chi connectivity index (χ4n) is 2.62. The molecule has 0 saturated heterocycles. The van der Waals surface area contributed by atoms with Crippen molar-refractivity contribution in [2.75, 3.05) is 13.7 Å². The highest BCUT2D eigenvalue weighted by Gasteiger charge is 2.21. The maximum absolute atomic E-state index is 12.5. The summed E-state index contributed by atoms with van der Waals surface area (Å²) in [6.07, 6.45) is 0. The Labute approximate surface area is 160 Å². The molecule has 1 heterocycles. The lowest BCUT2D eigenvalue weighted by molar-refractivity contribution is -0.385. The fourth-order valence-corrected chi connectivity index (χ4v) is 3.68. The van der Waals surface area contributed by atoms with Crippen LogP contribution >= 0.6 is 11.3 Å². The summed E-state index contributed by atoms with van der Waals surface area (Å²) in [7, 11) is 1.71. The third-order valence-corrected chi connectivity index (χ3v) is 5.58. The smallest absolute Gasteiger partial charge is 0.272 e. The van der Waals surface area contributed by atoms with Crippen molar-refractivity contribution in [3.05, 3.63) is 63.1 Å². The SMILES string of the molecule is Cc1cc(OCC(=O)N(C)[C@H](C)c2nc3ccccc3s2)ccc1[N+](=O)[O-]. The standard InChI is InChI=1S/C19H19N3O4S/c1-12-10-14(8-9-16(12)22(24)25)26-11-18(23)21(3)13(2)19-20-15-6-4-5-7-17(15)27-19/h4-10,13H,11H2,1-3H3/t13-/m1/s1. The average Bonchev–Trinajstić information content (AvgIpc) is 3.08. The van der Waals surface area contributed by atoms with Crippen molar-refractivity contribution in [3.63, 3.8) is 0 Å². The van der Waals surface area contributed by atoms with Crippen LogP contribution in [0.15, 0.2) is 42.5 Å². The number of nitro benzene ring substituents is 1. The first-order chi connectivity index (χ1) is 12.9. The number of aryl methyl sites for hydroxylation is 1. The predicted molar refractivity (Wildman–Crippen MR) is 104 cm³/mol. The van der Waals surface area contributed by atoms with E-state index in [-0.39, 0.29) is 24.2 Å². The summed E-state index contributed by atoms with van der Waals surface area (Å²) < 4.78 is 6.60.